The van der Waals surface area contributed by atoms with Gasteiger partial charge in [-0.1, -0.05) is 66.7 Å². The van der Waals surface area contributed by atoms with Crippen LogP contribution < -0.4 is 10.2 Å². The van der Waals surface area contributed by atoms with Crippen molar-refractivity contribution >= 4 is 5.69 Å². The van der Waals surface area contributed by atoms with Crippen LogP contribution in [0.15, 0.2) is 72.8 Å². The Hall–Kier alpha value is -2.58. The third-order valence-electron chi connectivity index (χ3n) is 5.96. The Bertz CT molecular complexity index is 953. The fourth-order valence-corrected chi connectivity index (χ4v) is 5.03. The Kier molecular flexibility index (Phi) is 4.02. The Balaban J connectivity index is 1.70. The van der Waals surface area contributed by atoms with Crippen LogP contribution in [0, 0.1) is 0 Å². The minimum atomic E-state index is 0.314. The standard InChI is InChI=1S/C25H26N2/c1-17-15-27(16-18(2)26-17)23-14-8-13-22-20-11-6-7-12-21(20)24(25(22)23)19-9-4-3-5-10-19/h3-14,17-18,24,26H,15-16H2,1-2H3. The van der Waals surface area contributed by atoms with Crippen LogP contribution in [-0.2, 0) is 0 Å². The molecule has 1 heterocycles. The average Bonchev–Trinajstić information content (AvgIpc) is 3.02. The molecular weight excluding hydrogens is 328 g/mol. The van der Waals surface area contributed by atoms with E-state index >= 15 is 0 Å². The van der Waals surface area contributed by atoms with Gasteiger partial charge < -0.3 is 10.2 Å². The smallest absolute Gasteiger partial charge is 0.0415 e. The number of anilines is 1. The number of nitrogens with zero attached hydrogens (tertiary/aromatic N) is 1. The van der Waals surface area contributed by atoms with Gasteiger partial charge in [0.05, 0.1) is 0 Å². The molecule has 0 bridgehead atoms. The first-order chi connectivity index (χ1) is 13.2. The maximum Gasteiger partial charge on any atom is 0.0415 e. The first-order valence-corrected chi connectivity index (χ1v) is 10.0. The lowest BCUT2D eigenvalue weighted by Crippen LogP contribution is -2.54. The molecule has 3 atom stereocenters. The molecule has 3 unspecified atom stereocenters. The van der Waals surface area contributed by atoms with Crippen LogP contribution in [0.1, 0.15) is 36.5 Å². The summed E-state index contributed by atoms with van der Waals surface area (Å²) >= 11 is 0. The zero-order chi connectivity index (χ0) is 18.4. The van der Waals surface area contributed by atoms with Gasteiger partial charge in [-0.3, -0.25) is 0 Å². The molecule has 3 aromatic rings. The number of nitrogens with one attached hydrogen (secondary N) is 1. The molecule has 1 aliphatic heterocycles. The summed E-state index contributed by atoms with van der Waals surface area (Å²) in [7, 11) is 0. The van der Waals surface area contributed by atoms with Crippen LogP contribution in [0.3, 0.4) is 0 Å². The van der Waals surface area contributed by atoms with Gasteiger partial charge in [-0.15, -0.1) is 0 Å². The highest BCUT2D eigenvalue weighted by Crippen LogP contribution is 2.51. The average molecular weight is 354 g/mol. The number of piperazine rings is 1. The van der Waals surface area contributed by atoms with Gasteiger partial charge in [0.25, 0.3) is 0 Å². The molecule has 0 saturated carbocycles. The highest BCUT2D eigenvalue weighted by Gasteiger charge is 2.34. The molecule has 1 N–H and O–H groups in total. The number of rotatable bonds is 2. The fourth-order valence-electron chi connectivity index (χ4n) is 5.03. The summed E-state index contributed by atoms with van der Waals surface area (Å²) in [6.45, 7) is 6.68. The Labute approximate surface area is 161 Å². The molecule has 0 radical (unpaired) electrons. The molecule has 2 nitrogen and oxygen atoms in total. The van der Waals surface area contributed by atoms with Gasteiger partial charge in [-0.25, -0.2) is 0 Å². The van der Waals surface area contributed by atoms with Crippen molar-refractivity contribution < 1.29 is 0 Å². The van der Waals surface area contributed by atoms with E-state index in [9.17, 15) is 0 Å². The topological polar surface area (TPSA) is 15.3 Å². The summed E-state index contributed by atoms with van der Waals surface area (Å²) in [6.07, 6.45) is 0. The summed E-state index contributed by atoms with van der Waals surface area (Å²) in [5, 5.41) is 3.67. The van der Waals surface area contributed by atoms with Gasteiger partial charge in [0.1, 0.15) is 0 Å². The van der Waals surface area contributed by atoms with Crippen molar-refractivity contribution in [2.75, 3.05) is 18.0 Å². The van der Waals surface area contributed by atoms with Gasteiger partial charge in [0, 0.05) is 36.8 Å². The first-order valence-electron chi connectivity index (χ1n) is 10.0. The van der Waals surface area contributed by atoms with Crippen LogP contribution in [0.4, 0.5) is 5.69 Å². The molecule has 2 heteroatoms. The Morgan fingerprint density at radius 2 is 1.41 bits per heavy atom. The minimum absolute atomic E-state index is 0.314. The van der Waals surface area contributed by atoms with Crippen molar-refractivity contribution in [3.05, 3.63) is 89.5 Å². The third kappa shape index (κ3) is 2.76. The largest absolute Gasteiger partial charge is 0.368 e. The molecule has 0 spiro atoms. The molecule has 3 aromatic carbocycles. The van der Waals surface area contributed by atoms with Crippen molar-refractivity contribution in [3.8, 4) is 11.1 Å². The first kappa shape index (κ1) is 16.6. The lowest BCUT2D eigenvalue weighted by Gasteiger charge is -2.39. The van der Waals surface area contributed by atoms with E-state index in [0.29, 0.717) is 18.0 Å². The molecular formula is C25H26N2. The molecule has 0 amide bonds. The predicted octanol–water partition coefficient (Wildman–Crippen LogP) is 5.03. The monoisotopic (exact) mass is 354 g/mol. The number of fused-ring (bicyclic) bond motifs is 3. The second-order valence-electron chi connectivity index (χ2n) is 8.04. The zero-order valence-electron chi connectivity index (χ0n) is 16.0. The van der Waals surface area contributed by atoms with E-state index in [0.717, 1.165) is 13.1 Å². The molecule has 2 aliphatic rings. The number of hydrogen-bond donors (Lipinski definition) is 1. The zero-order valence-corrected chi connectivity index (χ0v) is 16.0. The Morgan fingerprint density at radius 1 is 0.741 bits per heavy atom. The molecule has 1 aliphatic carbocycles. The van der Waals surface area contributed by atoms with Crippen molar-refractivity contribution in [1.29, 1.82) is 0 Å². The highest BCUT2D eigenvalue weighted by atomic mass is 15.2. The maximum absolute atomic E-state index is 3.67. The summed E-state index contributed by atoms with van der Waals surface area (Å²) in [5.41, 5.74) is 8.48. The molecule has 27 heavy (non-hydrogen) atoms. The Morgan fingerprint density at radius 3 is 2.19 bits per heavy atom. The normalized spacial score (nSPS) is 23.8. The SMILES string of the molecule is CC1CN(c2cccc3c2C(c2ccccc2)c2ccccc2-3)CC(C)N1. The van der Waals surface area contributed by atoms with Crippen LogP contribution in [0.5, 0.6) is 0 Å². The van der Waals surface area contributed by atoms with Crippen LogP contribution in [0.2, 0.25) is 0 Å². The van der Waals surface area contributed by atoms with Crippen LogP contribution in [-0.4, -0.2) is 25.2 Å². The van der Waals surface area contributed by atoms with Crippen LogP contribution >= 0.6 is 0 Å². The fraction of sp³-hybridized carbons (Fsp3) is 0.280. The lowest BCUT2D eigenvalue weighted by atomic mass is 9.88. The maximum atomic E-state index is 3.67. The van der Waals surface area contributed by atoms with E-state index in [1.807, 2.05) is 0 Å². The summed E-state index contributed by atoms with van der Waals surface area (Å²) in [6, 6.07) is 27.8. The van der Waals surface area contributed by atoms with E-state index in [1.165, 1.54) is 33.5 Å². The second kappa shape index (κ2) is 6.54. The van der Waals surface area contributed by atoms with Crippen molar-refractivity contribution in [2.24, 2.45) is 0 Å². The van der Waals surface area contributed by atoms with E-state index in [-0.39, 0.29) is 0 Å². The van der Waals surface area contributed by atoms with E-state index < -0.39 is 0 Å². The highest BCUT2D eigenvalue weighted by molar-refractivity contribution is 5.86. The molecule has 1 fully saturated rings. The van der Waals surface area contributed by atoms with Gasteiger partial charge in [-0.05, 0) is 47.7 Å². The number of benzene rings is 3. The van der Waals surface area contributed by atoms with Gasteiger partial charge in [0.15, 0.2) is 0 Å². The van der Waals surface area contributed by atoms with Crippen molar-refractivity contribution in [1.82, 2.24) is 5.32 Å². The van der Waals surface area contributed by atoms with E-state index in [4.69, 9.17) is 0 Å². The molecule has 0 aromatic heterocycles. The molecule has 1 saturated heterocycles. The summed E-state index contributed by atoms with van der Waals surface area (Å²) in [4.78, 5) is 2.59. The minimum Gasteiger partial charge on any atom is -0.368 e. The van der Waals surface area contributed by atoms with Gasteiger partial charge in [0.2, 0.25) is 0 Å². The molecule has 136 valence electrons. The lowest BCUT2D eigenvalue weighted by molar-refractivity contribution is 0.406. The summed E-state index contributed by atoms with van der Waals surface area (Å²) in [5.74, 6) is 0.314. The van der Waals surface area contributed by atoms with Crippen LogP contribution in [0.25, 0.3) is 11.1 Å². The third-order valence-corrected chi connectivity index (χ3v) is 5.96. The number of hydrogen-bond acceptors (Lipinski definition) is 2. The molecule has 5 rings (SSSR count). The van der Waals surface area contributed by atoms with Gasteiger partial charge in [-0.2, -0.15) is 0 Å². The second-order valence-corrected chi connectivity index (χ2v) is 8.04. The van der Waals surface area contributed by atoms with Crippen molar-refractivity contribution in [3.63, 3.8) is 0 Å². The van der Waals surface area contributed by atoms with Gasteiger partial charge >= 0.3 is 0 Å². The van der Waals surface area contributed by atoms with Crippen molar-refractivity contribution in [2.45, 2.75) is 31.8 Å². The van der Waals surface area contributed by atoms with E-state index in [2.05, 4.69) is 96.9 Å². The van der Waals surface area contributed by atoms with E-state index in [1.54, 1.807) is 0 Å². The quantitative estimate of drug-likeness (QED) is 0.543. The summed E-state index contributed by atoms with van der Waals surface area (Å²) < 4.78 is 0. The predicted molar refractivity (Wildman–Crippen MR) is 114 cm³/mol.